The summed E-state index contributed by atoms with van der Waals surface area (Å²) in [4.78, 5) is 35.4. The maximum Gasteiger partial charge on any atom is 0.318 e. The average Bonchev–Trinajstić information content (AvgIpc) is 3.36. The van der Waals surface area contributed by atoms with Gasteiger partial charge in [0.25, 0.3) is 0 Å². The highest BCUT2D eigenvalue weighted by Crippen LogP contribution is 2.21. The first-order valence-corrected chi connectivity index (χ1v) is 14.6. The fraction of sp³-hybridized carbons (Fsp3) is 0.621. The second kappa shape index (κ2) is 15.2. The number of nitrogens with zero attached hydrogens (tertiary/aromatic N) is 3. The number of rotatable bonds is 14. The number of hydrogen-bond acceptors (Lipinski definition) is 6. The number of Topliss-reactive ketones (excluding diaryl/α,β-unsaturated/α-hetero) is 1. The maximum atomic E-state index is 13.6. The first kappa shape index (κ1) is 29.3. The molecular formula is C29H44N4O3S. The van der Waals surface area contributed by atoms with E-state index in [0.29, 0.717) is 25.3 Å². The van der Waals surface area contributed by atoms with Gasteiger partial charge in [0.15, 0.2) is 5.78 Å². The number of hydrogen-bond donors (Lipinski definition) is 1. The highest BCUT2D eigenvalue weighted by atomic mass is 32.1. The van der Waals surface area contributed by atoms with Crippen molar-refractivity contribution in [3.8, 4) is 0 Å². The molecule has 1 aromatic heterocycles. The molecule has 2 heterocycles. The Labute approximate surface area is 226 Å². The summed E-state index contributed by atoms with van der Waals surface area (Å²) in [6, 6.07) is 9.64. The van der Waals surface area contributed by atoms with Gasteiger partial charge in [-0.1, -0.05) is 57.5 Å². The van der Waals surface area contributed by atoms with E-state index in [9.17, 15) is 9.59 Å². The third-order valence-corrected chi connectivity index (χ3v) is 8.08. The minimum Gasteiger partial charge on any atom is -0.379 e. The molecule has 1 aromatic carbocycles. The molecular weight excluding hydrogens is 484 g/mol. The number of thiazole rings is 1. The second-order valence-electron chi connectivity index (χ2n) is 10.4. The number of nitrogens with one attached hydrogen (secondary N) is 1. The smallest absolute Gasteiger partial charge is 0.318 e. The molecule has 1 N–H and O–H groups in total. The predicted molar refractivity (Wildman–Crippen MR) is 150 cm³/mol. The summed E-state index contributed by atoms with van der Waals surface area (Å²) in [6.07, 6.45) is 3.99. The monoisotopic (exact) mass is 528 g/mol. The Kier molecular flexibility index (Phi) is 12.0. The van der Waals surface area contributed by atoms with E-state index in [4.69, 9.17) is 4.74 Å². The zero-order chi connectivity index (χ0) is 26.6. The Morgan fingerprint density at radius 1 is 1.16 bits per heavy atom. The van der Waals surface area contributed by atoms with Crippen molar-refractivity contribution in [3.63, 3.8) is 0 Å². The third kappa shape index (κ3) is 9.83. The number of carbonyl (C=O) groups is 2. The number of morpholine rings is 1. The fourth-order valence-corrected chi connectivity index (χ4v) is 5.57. The van der Waals surface area contributed by atoms with Crippen molar-refractivity contribution in [1.82, 2.24) is 20.1 Å². The summed E-state index contributed by atoms with van der Waals surface area (Å²) in [5.41, 5.74) is 2.14. The summed E-state index contributed by atoms with van der Waals surface area (Å²) in [6.45, 7) is 10.8. The van der Waals surface area contributed by atoms with E-state index in [-0.39, 0.29) is 17.7 Å². The molecule has 7 nitrogen and oxygen atoms in total. The van der Waals surface area contributed by atoms with Gasteiger partial charge in [-0.15, -0.1) is 11.3 Å². The molecule has 2 aromatic rings. The predicted octanol–water partition coefficient (Wildman–Crippen LogP) is 5.12. The van der Waals surface area contributed by atoms with E-state index in [1.165, 1.54) is 5.56 Å². The van der Waals surface area contributed by atoms with E-state index in [1.54, 1.807) is 23.3 Å². The van der Waals surface area contributed by atoms with Gasteiger partial charge in [-0.2, -0.15) is 0 Å². The van der Waals surface area contributed by atoms with Gasteiger partial charge in [0.2, 0.25) is 0 Å². The van der Waals surface area contributed by atoms with Gasteiger partial charge in [-0.3, -0.25) is 9.69 Å². The number of ketones is 1. The van der Waals surface area contributed by atoms with Gasteiger partial charge in [-0.25, -0.2) is 9.78 Å². The molecule has 8 heteroatoms. The van der Waals surface area contributed by atoms with Gasteiger partial charge in [-0.05, 0) is 30.7 Å². The van der Waals surface area contributed by atoms with Crippen LogP contribution < -0.4 is 5.32 Å². The van der Waals surface area contributed by atoms with Crippen LogP contribution in [0.1, 0.15) is 68.6 Å². The summed E-state index contributed by atoms with van der Waals surface area (Å²) in [5.74, 6) is 0.761. The standard InChI is InChI=1S/C29H44N4O3S/c1-5-9-24(18-23-10-7-6-8-11-23)19-27(34)26(12-13-33-14-16-36-17-15-33)31-29(35)32(4)20-25-21-37-28(30-25)22(2)3/h6-8,10-11,21-22,24,26H,5,9,12-20H2,1-4H3,(H,31,35). The number of aromatic nitrogens is 1. The Bertz CT molecular complexity index is 959. The van der Waals surface area contributed by atoms with Crippen LogP contribution >= 0.6 is 11.3 Å². The van der Waals surface area contributed by atoms with Crippen molar-refractivity contribution in [2.75, 3.05) is 39.9 Å². The Balaban J connectivity index is 1.64. The van der Waals surface area contributed by atoms with Crippen LogP contribution in [0.15, 0.2) is 35.7 Å². The molecule has 0 spiro atoms. The second-order valence-corrected chi connectivity index (χ2v) is 11.3. The van der Waals surface area contributed by atoms with Crippen LogP contribution in [0.4, 0.5) is 4.79 Å². The van der Waals surface area contributed by atoms with E-state index in [2.05, 4.69) is 48.1 Å². The molecule has 1 fully saturated rings. The lowest BCUT2D eigenvalue weighted by Gasteiger charge is -2.29. The largest absolute Gasteiger partial charge is 0.379 e. The SMILES string of the molecule is CCCC(CC(=O)C(CCN1CCOCC1)NC(=O)N(C)Cc1csc(C(C)C)n1)Cc1ccccc1. The highest BCUT2D eigenvalue weighted by molar-refractivity contribution is 7.09. The molecule has 1 saturated heterocycles. The van der Waals surface area contributed by atoms with Crippen molar-refractivity contribution in [3.05, 3.63) is 52.0 Å². The Hall–Kier alpha value is -2.29. The van der Waals surface area contributed by atoms with Crippen LogP contribution in [-0.2, 0) is 22.5 Å². The van der Waals surface area contributed by atoms with Gasteiger partial charge < -0.3 is 15.0 Å². The van der Waals surface area contributed by atoms with Crippen molar-refractivity contribution < 1.29 is 14.3 Å². The molecule has 2 atom stereocenters. The quantitative estimate of drug-likeness (QED) is 0.369. The summed E-state index contributed by atoms with van der Waals surface area (Å²) < 4.78 is 5.47. The van der Waals surface area contributed by atoms with Gasteiger partial charge in [0, 0.05) is 44.4 Å². The van der Waals surface area contributed by atoms with Crippen LogP contribution in [0.2, 0.25) is 0 Å². The summed E-state index contributed by atoms with van der Waals surface area (Å²) in [7, 11) is 1.77. The van der Waals surface area contributed by atoms with Gasteiger partial charge >= 0.3 is 6.03 Å². The molecule has 1 aliphatic rings. The summed E-state index contributed by atoms with van der Waals surface area (Å²) >= 11 is 1.63. The van der Waals surface area contributed by atoms with Gasteiger partial charge in [0.1, 0.15) is 0 Å². The topological polar surface area (TPSA) is 74.8 Å². The Morgan fingerprint density at radius 3 is 2.54 bits per heavy atom. The van der Waals surface area contributed by atoms with Crippen LogP contribution in [-0.4, -0.2) is 72.5 Å². The lowest BCUT2D eigenvalue weighted by molar-refractivity contribution is -0.122. The van der Waals surface area contributed by atoms with E-state index >= 15 is 0 Å². The molecule has 2 unspecified atom stereocenters. The van der Waals surface area contributed by atoms with E-state index in [0.717, 1.165) is 62.8 Å². The molecule has 37 heavy (non-hydrogen) atoms. The number of carbonyl (C=O) groups excluding carboxylic acids is 2. The molecule has 0 saturated carbocycles. The molecule has 0 aliphatic carbocycles. The molecule has 1 aliphatic heterocycles. The number of urea groups is 1. The first-order valence-electron chi connectivity index (χ1n) is 13.7. The number of ether oxygens (including phenoxy) is 1. The molecule has 2 amide bonds. The molecule has 0 bridgehead atoms. The van der Waals surface area contributed by atoms with Crippen LogP contribution in [0.5, 0.6) is 0 Å². The normalized spacial score (nSPS) is 15.9. The highest BCUT2D eigenvalue weighted by Gasteiger charge is 2.26. The van der Waals surface area contributed by atoms with Crippen molar-refractivity contribution in [1.29, 1.82) is 0 Å². The van der Waals surface area contributed by atoms with E-state index in [1.807, 2.05) is 23.6 Å². The average molecular weight is 529 g/mol. The zero-order valence-electron chi connectivity index (χ0n) is 22.9. The maximum absolute atomic E-state index is 13.6. The number of amides is 2. The van der Waals surface area contributed by atoms with E-state index < -0.39 is 6.04 Å². The number of benzene rings is 1. The molecule has 0 radical (unpaired) electrons. The molecule has 3 rings (SSSR count). The van der Waals surface area contributed by atoms with Crippen LogP contribution in [0.25, 0.3) is 0 Å². The van der Waals surface area contributed by atoms with Gasteiger partial charge in [0.05, 0.1) is 36.5 Å². The minimum atomic E-state index is -0.505. The third-order valence-electron chi connectivity index (χ3n) is 6.89. The minimum absolute atomic E-state index is 0.125. The summed E-state index contributed by atoms with van der Waals surface area (Å²) in [5, 5.41) is 6.16. The van der Waals surface area contributed by atoms with Crippen molar-refractivity contribution in [2.45, 2.75) is 71.4 Å². The zero-order valence-corrected chi connectivity index (χ0v) is 23.8. The fourth-order valence-electron chi connectivity index (χ4n) is 4.74. The lowest BCUT2D eigenvalue weighted by Crippen LogP contribution is -2.48. The van der Waals surface area contributed by atoms with Crippen molar-refractivity contribution in [2.24, 2.45) is 5.92 Å². The molecule has 204 valence electrons. The Morgan fingerprint density at radius 2 is 1.89 bits per heavy atom. The van der Waals surface area contributed by atoms with Crippen LogP contribution in [0, 0.1) is 5.92 Å². The van der Waals surface area contributed by atoms with Crippen LogP contribution in [0.3, 0.4) is 0 Å². The van der Waals surface area contributed by atoms with Crippen molar-refractivity contribution >= 4 is 23.2 Å². The first-order chi connectivity index (χ1) is 17.9. The lowest BCUT2D eigenvalue weighted by atomic mass is 9.88.